The van der Waals surface area contributed by atoms with Crippen molar-refractivity contribution in [3.8, 4) is 5.75 Å². The van der Waals surface area contributed by atoms with Gasteiger partial charge in [-0.3, -0.25) is 27.8 Å². The summed E-state index contributed by atoms with van der Waals surface area (Å²) in [5.41, 5.74) is -0.209. The first kappa shape index (κ1) is 26.6. The molecule has 1 fully saturated rings. The van der Waals surface area contributed by atoms with Crippen LogP contribution in [0.25, 0.3) is 0 Å². The normalized spacial score (nSPS) is 23.7. The number of phosphoric acid groups is 1. The molecule has 3 heterocycles. The Kier molecular flexibility index (Phi) is 10.00. The number of benzene rings is 1. The van der Waals surface area contributed by atoms with Crippen molar-refractivity contribution < 1.29 is 31.7 Å². The van der Waals surface area contributed by atoms with Gasteiger partial charge in [0.1, 0.15) is 12.0 Å². The van der Waals surface area contributed by atoms with Gasteiger partial charge in [0.05, 0.1) is 32.7 Å². The van der Waals surface area contributed by atoms with Gasteiger partial charge in [0.25, 0.3) is 5.56 Å². The Hall–Kier alpha value is -1.62. The number of nitrogens with one attached hydrogen (secondary N) is 1. The number of halogens is 3. The summed E-state index contributed by atoms with van der Waals surface area (Å²) < 4.78 is 58.9. The minimum absolute atomic E-state index is 0.0458. The van der Waals surface area contributed by atoms with Crippen LogP contribution in [0.1, 0.15) is 38.5 Å². The molecule has 3 atom stereocenters. The van der Waals surface area contributed by atoms with E-state index in [4.69, 9.17) is 42.1 Å². The fraction of sp³-hybridized carbons (Fsp3) is 0.474. The van der Waals surface area contributed by atoms with E-state index in [1.165, 1.54) is 4.57 Å². The van der Waals surface area contributed by atoms with Gasteiger partial charge in [-0.25, -0.2) is 4.57 Å². The third-order valence-electron chi connectivity index (χ3n) is 4.35. The molecule has 1 aromatic carbocycles. The van der Waals surface area contributed by atoms with Crippen LogP contribution in [0.4, 0.5) is 8.78 Å². The first-order valence-electron chi connectivity index (χ1n) is 9.74. The van der Waals surface area contributed by atoms with Crippen molar-refractivity contribution in [1.82, 2.24) is 9.55 Å². The summed E-state index contributed by atoms with van der Waals surface area (Å²) in [7, 11) is -3.29. The highest BCUT2D eigenvalue weighted by molar-refractivity contribution is 7.71. The molecule has 1 saturated heterocycles. The van der Waals surface area contributed by atoms with Gasteiger partial charge in [0.15, 0.2) is 4.77 Å². The molecule has 178 valence electrons. The summed E-state index contributed by atoms with van der Waals surface area (Å²) in [6.07, 6.45) is 1.09. The van der Waals surface area contributed by atoms with E-state index >= 15 is 0 Å². The Morgan fingerprint density at radius 3 is 2.78 bits per heavy atom. The monoisotopic (exact) mass is 512 g/mol. The smallest absolute Gasteiger partial charge is 0.404 e. The molecule has 13 heteroatoms. The second-order valence-corrected chi connectivity index (χ2v) is 8.71. The van der Waals surface area contributed by atoms with Gasteiger partial charge >= 0.3 is 7.82 Å². The van der Waals surface area contributed by atoms with Crippen molar-refractivity contribution in [3.63, 3.8) is 0 Å². The lowest BCUT2D eigenvalue weighted by Crippen LogP contribution is -2.22. The van der Waals surface area contributed by atoms with Crippen molar-refractivity contribution in [3.05, 3.63) is 55.9 Å². The van der Waals surface area contributed by atoms with E-state index in [0.717, 1.165) is 6.20 Å². The van der Waals surface area contributed by atoms with Gasteiger partial charge in [-0.1, -0.05) is 25.4 Å². The third-order valence-corrected chi connectivity index (χ3v) is 6.23. The maximum absolute atomic E-state index is 13.5. The molecule has 0 amide bonds. The zero-order valence-corrected chi connectivity index (χ0v) is 20.1. The van der Waals surface area contributed by atoms with Gasteiger partial charge in [0, 0.05) is 10.6 Å². The highest BCUT2D eigenvalue weighted by Gasteiger charge is 2.37. The van der Waals surface area contributed by atoms with E-state index in [1.807, 2.05) is 13.8 Å². The molecule has 2 aromatic rings. The molecular weight excluding hydrogens is 489 g/mol. The Morgan fingerprint density at radius 1 is 1.34 bits per heavy atom. The number of hydrogen-bond acceptors (Lipinski definition) is 7. The van der Waals surface area contributed by atoms with Gasteiger partial charge < -0.3 is 9.26 Å². The molecule has 3 unspecified atom stereocenters. The Balaban J connectivity index is 0.000000860. The highest BCUT2D eigenvalue weighted by Crippen LogP contribution is 2.55. The molecule has 0 spiro atoms. The van der Waals surface area contributed by atoms with Crippen molar-refractivity contribution in [2.75, 3.05) is 13.8 Å². The molecule has 0 radical (unpaired) electrons. The summed E-state index contributed by atoms with van der Waals surface area (Å²) >= 11 is 10.9. The molecular formula is C19H24ClF2N2O6PS. The Morgan fingerprint density at radius 2 is 2.06 bits per heavy atom. The number of alkyl halides is 1. The van der Waals surface area contributed by atoms with Crippen LogP contribution in [-0.4, -0.2) is 29.4 Å². The Bertz CT molecular complexity index is 1080. The van der Waals surface area contributed by atoms with Crippen LogP contribution >= 0.6 is 31.6 Å². The van der Waals surface area contributed by atoms with Crippen LogP contribution in [0, 0.1) is 10.6 Å². The number of hydrogen-bond donors (Lipinski definition) is 1. The zero-order chi connectivity index (χ0) is 23.9. The molecule has 2 aliphatic heterocycles. The number of aromatic amines is 1. The second kappa shape index (κ2) is 12.0. The van der Waals surface area contributed by atoms with E-state index in [2.05, 4.69) is 4.98 Å². The van der Waals surface area contributed by atoms with Crippen LogP contribution in [0.3, 0.4) is 0 Å². The average Bonchev–Trinajstić information content (AvgIpc) is 3.27. The number of H-pyrrole nitrogens is 1. The summed E-state index contributed by atoms with van der Waals surface area (Å²) in [4.78, 5) is 13.5. The summed E-state index contributed by atoms with van der Waals surface area (Å²) in [6, 6.07) is 4.89. The minimum Gasteiger partial charge on any atom is -0.404 e. The van der Waals surface area contributed by atoms with Crippen LogP contribution in [0.5, 0.6) is 5.75 Å². The van der Waals surface area contributed by atoms with Crippen LogP contribution in [0.15, 0.2) is 29.2 Å². The van der Waals surface area contributed by atoms with E-state index in [1.54, 1.807) is 18.2 Å². The number of aromatic nitrogens is 2. The summed E-state index contributed by atoms with van der Waals surface area (Å²) in [5, 5.41) is 0.520. The van der Waals surface area contributed by atoms with E-state index in [-0.39, 0.29) is 18.0 Å². The molecule has 2 aliphatic rings. The van der Waals surface area contributed by atoms with Crippen molar-refractivity contribution in [2.45, 2.75) is 45.6 Å². The van der Waals surface area contributed by atoms with Gasteiger partial charge in [-0.2, -0.15) is 4.39 Å². The molecule has 1 aromatic heterocycles. The fourth-order valence-electron chi connectivity index (χ4n) is 2.97. The highest BCUT2D eigenvalue weighted by atomic mass is 35.5. The van der Waals surface area contributed by atoms with Crippen LogP contribution in [-0.2, 0) is 25.0 Å². The number of phosphoric ester groups is 1. The van der Waals surface area contributed by atoms with Gasteiger partial charge in [-0.05, 0) is 43.3 Å². The first-order chi connectivity index (χ1) is 15.3. The standard InChI is InChI=1S/C16H15ClFN2O6PS.C2H6.CH3F/c17-10-1-3-13-9(5-10)7-23-27(22,26-13)24-8-11-2-4-14(25-11)20-6-12(18)15(21)19-16(20)28;2*1-2/h1,3,5-6,11,14H,2,4,7-8H2,(H,19,21,28);1-2H3;1H3. The molecule has 8 nitrogen and oxygen atoms in total. The fourth-order valence-corrected chi connectivity index (χ4v) is 4.67. The predicted molar refractivity (Wildman–Crippen MR) is 118 cm³/mol. The first-order valence-corrected chi connectivity index (χ1v) is 12.0. The maximum atomic E-state index is 13.5. The molecule has 0 saturated carbocycles. The maximum Gasteiger partial charge on any atom is 0.530 e. The number of ether oxygens (including phenoxy) is 1. The molecule has 32 heavy (non-hydrogen) atoms. The third kappa shape index (κ3) is 6.46. The topological polar surface area (TPSA) is 91.8 Å². The second-order valence-electron chi connectivity index (χ2n) is 6.29. The lowest BCUT2D eigenvalue weighted by Gasteiger charge is -2.25. The van der Waals surface area contributed by atoms with Crippen molar-refractivity contribution in [2.24, 2.45) is 0 Å². The number of rotatable bonds is 4. The molecule has 0 bridgehead atoms. The lowest BCUT2D eigenvalue weighted by atomic mass is 10.2. The van der Waals surface area contributed by atoms with Crippen molar-refractivity contribution >= 4 is 31.6 Å². The molecule has 1 N–H and O–H groups in total. The van der Waals surface area contributed by atoms with E-state index in [9.17, 15) is 18.1 Å². The lowest BCUT2D eigenvalue weighted by molar-refractivity contribution is -0.0260. The van der Waals surface area contributed by atoms with E-state index < -0.39 is 31.5 Å². The minimum atomic E-state index is -3.79. The summed E-state index contributed by atoms with van der Waals surface area (Å²) in [5.74, 6) is -0.566. The largest absolute Gasteiger partial charge is 0.530 e. The SMILES string of the molecule is CC.CF.O=c1[nH]c(=S)n(C2CCC(COP3(=O)OCc4cc(Cl)ccc4O3)O2)cc1F. The molecule has 4 rings (SSSR count). The average molecular weight is 513 g/mol. The van der Waals surface area contributed by atoms with Crippen molar-refractivity contribution in [1.29, 1.82) is 0 Å². The van der Waals surface area contributed by atoms with Gasteiger partial charge in [-0.15, -0.1) is 0 Å². The molecule has 0 aliphatic carbocycles. The number of fused-ring (bicyclic) bond motifs is 1. The van der Waals surface area contributed by atoms with E-state index in [0.29, 0.717) is 36.4 Å². The van der Waals surface area contributed by atoms with Gasteiger partial charge in [0.2, 0.25) is 5.82 Å². The number of nitrogens with zero attached hydrogens (tertiary/aromatic N) is 1. The van der Waals surface area contributed by atoms with Crippen LogP contribution < -0.4 is 10.1 Å². The zero-order valence-electron chi connectivity index (χ0n) is 17.7. The summed E-state index contributed by atoms with van der Waals surface area (Å²) in [6.45, 7) is 4.00. The quantitative estimate of drug-likeness (QED) is 0.413. The van der Waals surface area contributed by atoms with Crippen LogP contribution in [0.2, 0.25) is 5.02 Å². The predicted octanol–water partition coefficient (Wildman–Crippen LogP) is 5.72. The Labute approximate surface area is 194 Å².